The van der Waals surface area contributed by atoms with Crippen LogP contribution in [-0.2, 0) is 11.3 Å². The zero-order chi connectivity index (χ0) is 21.7. The van der Waals surface area contributed by atoms with E-state index < -0.39 is 12.0 Å². The Morgan fingerprint density at radius 3 is 2.47 bits per heavy atom. The number of amides is 1. The van der Waals surface area contributed by atoms with Gasteiger partial charge in [-0.3, -0.25) is 10.1 Å². The molecule has 2 N–H and O–H groups in total. The molecule has 156 valence electrons. The summed E-state index contributed by atoms with van der Waals surface area (Å²) < 4.78 is 11.4. The van der Waals surface area contributed by atoms with Crippen LogP contribution in [0.1, 0.15) is 12.7 Å². The summed E-state index contributed by atoms with van der Waals surface area (Å²) in [5.74, 6) is 1.31. The van der Waals surface area contributed by atoms with E-state index in [1.165, 1.54) is 6.07 Å². The monoisotopic (exact) mass is 482 g/mol. The van der Waals surface area contributed by atoms with Gasteiger partial charge in [0, 0.05) is 15.6 Å². The van der Waals surface area contributed by atoms with Crippen molar-refractivity contribution in [3.63, 3.8) is 0 Å². The molecule has 1 aromatic heterocycles. The Hall–Kier alpha value is -2.25. The first kappa shape index (κ1) is 22.4. The molecule has 0 bridgehead atoms. The Labute approximate surface area is 194 Å². The molecule has 0 fully saturated rings. The highest BCUT2D eigenvalue weighted by Gasteiger charge is 2.17. The number of hydrogen-bond donors (Lipinski definition) is 2. The van der Waals surface area contributed by atoms with Crippen LogP contribution in [0.3, 0.4) is 0 Å². The zero-order valence-corrected chi connectivity index (χ0v) is 18.8. The van der Waals surface area contributed by atoms with Crippen molar-refractivity contribution in [2.45, 2.75) is 19.6 Å². The standard InChI is InChI=1S/C21H17Cl3N2O3S/c1-12(28-19-8-6-15(23)10-17(19)24)20(27)26-21(30)25-11-16-7-9-18(29-16)13-2-4-14(22)5-3-13/h2-10,12H,11H2,1H3,(H2,25,26,27,30). The van der Waals surface area contributed by atoms with Gasteiger partial charge in [-0.2, -0.15) is 0 Å². The van der Waals surface area contributed by atoms with Crippen LogP contribution in [0.5, 0.6) is 5.75 Å². The van der Waals surface area contributed by atoms with Crippen molar-refractivity contribution in [3.05, 3.63) is 75.4 Å². The van der Waals surface area contributed by atoms with E-state index in [4.69, 9.17) is 56.2 Å². The largest absolute Gasteiger partial charge is 0.479 e. The Morgan fingerprint density at radius 1 is 1.07 bits per heavy atom. The summed E-state index contributed by atoms with van der Waals surface area (Å²) in [4.78, 5) is 12.3. The van der Waals surface area contributed by atoms with E-state index in [9.17, 15) is 4.79 Å². The first-order valence-electron chi connectivity index (χ1n) is 8.87. The third-order valence-electron chi connectivity index (χ3n) is 4.02. The van der Waals surface area contributed by atoms with E-state index in [0.717, 1.165) is 5.56 Å². The molecule has 2 aromatic carbocycles. The summed E-state index contributed by atoms with van der Waals surface area (Å²) in [5.41, 5.74) is 0.911. The summed E-state index contributed by atoms with van der Waals surface area (Å²) >= 11 is 23.0. The Bertz CT molecular complexity index is 1050. The molecule has 1 amide bonds. The van der Waals surface area contributed by atoms with Crippen molar-refractivity contribution in [3.8, 4) is 17.1 Å². The SMILES string of the molecule is CC(Oc1ccc(Cl)cc1Cl)C(=O)NC(=S)NCc1ccc(-c2ccc(Cl)cc2)o1. The van der Waals surface area contributed by atoms with Gasteiger partial charge in [-0.1, -0.05) is 34.8 Å². The minimum atomic E-state index is -0.816. The molecule has 0 aliphatic rings. The van der Waals surface area contributed by atoms with Crippen LogP contribution in [0, 0.1) is 0 Å². The summed E-state index contributed by atoms with van der Waals surface area (Å²) in [6.45, 7) is 1.90. The van der Waals surface area contributed by atoms with Crippen LogP contribution in [0.25, 0.3) is 11.3 Å². The van der Waals surface area contributed by atoms with Crippen molar-refractivity contribution >= 4 is 58.0 Å². The van der Waals surface area contributed by atoms with Crippen molar-refractivity contribution < 1.29 is 13.9 Å². The quantitative estimate of drug-likeness (QED) is 0.430. The molecule has 3 aromatic rings. The van der Waals surface area contributed by atoms with E-state index in [1.807, 2.05) is 24.3 Å². The van der Waals surface area contributed by atoms with Crippen LogP contribution in [0.15, 0.2) is 59.0 Å². The van der Waals surface area contributed by atoms with E-state index in [-0.39, 0.29) is 5.11 Å². The van der Waals surface area contributed by atoms with Gasteiger partial charge in [0.05, 0.1) is 11.6 Å². The summed E-state index contributed by atoms with van der Waals surface area (Å²) in [7, 11) is 0. The lowest BCUT2D eigenvalue weighted by Crippen LogP contribution is -2.44. The van der Waals surface area contributed by atoms with Crippen LogP contribution < -0.4 is 15.4 Å². The van der Waals surface area contributed by atoms with Crippen molar-refractivity contribution in [1.82, 2.24) is 10.6 Å². The molecule has 0 aliphatic heterocycles. The third kappa shape index (κ3) is 6.12. The Morgan fingerprint density at radius 2 is 1.77 bits per heavy atom. The molecule has 1 heterocycles. The van der Waals surface area contributed by atoms with Crippen LogP contribution >= 0.6 is 47.0 Å². The number of furan rings is 1. The maximum atomic E-state index is 12.3. The van der Waals surface area contributed by atoms with Gasteiger partial charge in [-0.25, -0.2) is 0 Å². The molecule has 0 spiro atoms. The number of benzene rings is 2. The molecular formula is C21H17Cl3N2O3S. The fraction of sp³-hybridized carbons (Fsp3) is 0.143. The van der Waals surface area contributed by atoms with Crippen molar-refractivity contribution in [1.29, 1.82) is 0 Å². The maximum absolute atomic E-state index is 12.3. The topological polar surface area (TPSA) is 63.5 Å². The fourth-order valence-corrected chi connectivity index (χ4v) is 3.23. The van der Waals surface area contributed by atoms with Gasteiger partial charge in [0.2, 0.25) is 0 Å². The highest BCUT2D eigenvalue weighted by atomic mass is 35.5. The summed E-state index contributed by atoms with van der Waals surface area (Å²) in [6, 6.07) is 15.8. The Kier molecular flexibility index (Phi) is 7.61. The van der Waals surface area contributed by atoms with Gasteiger partial charge in [0.25, 0.3) is 5.91 Å². The van der Waals surface area contributed by atoms with E-state index in [1.54, 1.807) is 31.2 Å². The zero-order valence-electron chi connectivity index (χ0n) is 15.7. The number of ether oxygens (including phenoxy) is 1. The highest BCUT2D eigenvalue weighted by molar-refractivity contribution is 7.80. The average Bonchev–Trinajstić information content (AvgIpc) is 3.18. The highest BCUT2D eigenvalue weighted by Crippen LogP contribution is 2.28. The van der Waals surface area contributed by atoms with Gasteiger partial charge >= 0.3 is 0 Å². The molecule has 1 unspecified atom stereocenters. The van der Waals surface area contributed by atoms with E-state index >= 15 is 0 Å². The van der Waals surface area contributed by atoms with Crippen LogP contribution in [0.2, 0.25) is 15.1 Å². The van der Waals surface area contributed by atoms with Gasteiger partial charge in [-0.15, -0.1) is 0 Å². The molecule has 0 saturated carbocycles. The number of hydrogen-bond acceptors (Lipinski definition) is 4. The fourth-order valence-electron chi connectivity index (χ4n) is 2.48. The lowest BCUT2D eigenvalue weighted by Gasteiger charge is -2.16. The summed E-state index contributed by atoms with van der Waals surface area (Å²) in [6.07, 6.45) is -0.816. The molecule has 3 rings (SSSR count). The number of nitrogens with one attached hydrogen (secondary N) is 2. The third-order valence-corrected chi connectivity index (χ3v) is 5.05. The number of thiocarbonyl (C=S) groups is 1. The van der Waals surface area contributed by atoms with Crippen LogP contribution in [-0.4, -0.2) is 17.1 Å². The summed E-state index contributed by atoms with van der Waals surface area (Å²) in [5, 5.41) is 7.11. The van der Waals surface area contributed by atoms with E-state index in [0.29, 0.717) is 38.9 Å². The molecule has 0 saturated heterocycles. The Balaban J connectivity index is 1.49. The second-order valence-electron chi connectivity index (χ2n) is 6.28. The second-order valence-corrected chi connectivity index (χ2v) is 7.97. The molecule has 5 nitrogen and oxygen atoms in total. The first-order valence-corrected chi connectivity index (χ1v) is 10.4. The molecule has 1 atom stereocenters. The van der Waals surface area contributed by atoms with E-state index in [2.05, 4.69) is 10.6 Å². The van der Waals surface area contributed by atoms with Crippen molar-refractivity contribution in [2.75, 3.05) is 0 Å². The average molecular weight is 484 g/mol. The lowest BCUT2D eigenvalue weighted by molar-refractivity contribution is -0.125. The second kappa shape index (κ2) is 10.2. The minimum Gasteiger partial charge on any atom is -0.479 e. The number of carbonyl (C=O) groups is 1. The lowest BCUT2D eigenvalue weighted by atomic mass is 10.2. The van der Waals surface area contributed by atoms with Gasteiger partial charge in [0.1, 0.15) is 17.3 Å². The van der Waals surface area contributed by atoms with Crippen LogP contribution in [0.4, 0.5) is 0 Å². The molecule has 0 radical (unpaired) electrons. The van der Waals surface area contributed by atoms with Gasteiger partial charge in [0.15, 0.2) is 11.2 Å². The smallest absolute Gasteiger partial charge is 0.266 e. The number of rotatable bonds is 6. The van der Waals surface area contributed by atoms with Gasteiger partial charge in [-0.05, 0) is 73.7 Å². The first-order chi connectivity index (χ1) is 14.3. The van der Waals surface area contributed by atoms with Gasteiger partial charge < -0.3 is 14.5 Å². The number of halogens is 3. The molecule has 9 heteroatoms. The normalized spacial score (nSPS) is 11.6. The molecular weight excluding hydrogens is 467 g/mol. The minimum absolute atomic E-state index is 0.155. The molecule has 30 heavy (non-hydrogen) atoms. The van der Waals surface area contributed by atoms with Crippen molar-refractivity contribution in [2.24, 2.45) is 0 Å². The molecule has 0 aliphatic carbocycles. The predicted octanol–water partition coefficient (Wildman–Crippen LogP) is 5.87. The number of carbonyl (C=O) groups excluding carboxylic acids is 1. The maximum Gasteiger partial charge on any atom is 0.266 e. The predicted molar refractivity (Wildman–Crippen MR) is 123 cm³/mol.